The van der Waals surface area contributed by atoms with Crippen LogP contribution in [0.3, 0.4) is 0 Å². The molecule has 0 amide bonds. The van der Waals surface area contributed by atoms with Crippen LogP contribution in [0.1, 0.15) is 11.4 Å². The molecule has 2 aromatic heterocycles. The van der Waals surface area contributed by atoms with Crippen molar-refractivity contribution in [1.82, 2.24) is 30.0 Å². The van der Waals surface area contributed by atoms with Gasteiger partial charge in [-0.15, -0.1) is 0 Å². The maximum absolute atomic E-state index is 4.69. The van der Waals surface area contributed by atoms with E-state index in [-0.39, 0.29) is 0 Å². The lowest BCUT2D eigenvalue weighted by atomic mass is 10.1. The van der Waals surface area contributed by atoms with E-state index < -0.39 is 0 Å². The average Bonchev–Trinajstić information content (AvgIpc) is 3.40. The fourth-order valence-electron chi connectivity index (χ4n) is 3.30. The summed E-state index contributed by atoms with van der Waals surface area (Å²) in [5.74, 6) is 1.74. The average molecular weight is 387 g/mol. The lowest BCUT2D eigenvalue weighted by molar-refractivity contribution is 0.734. The van der Waals surface area contributed by atoms with Gasteiger partial charge in [0.05, 0.1) is 23.3 Å². The molecular weight excluding hydrogens is 362 g/mol. The van der Waals surface area contributed by atoms with E-state index in [1.54, 1.807) is 13.2 Å². The first-order valence-electron chi connectivity index (χ1n) is 9.68. The Labute approximate surface area is 170 Å². The summed E-state index contributed by atoms with van der Waals surface area (Å²) in [4.78, 5) is 9.00. The summed E-state index contributed by atoms with van der Waals surface area (Å²) in [5, 5.41) is 11.0. The number of nitrogens with zero attached hydrogens (tertiary/aromatic N) is 5. The molecule has 0 saturated carbocycles. The predicted molar refractivity (Wildman–Crippen MR) is 116 cm³/mol. The monoisotopic (exact) mass is 387 g/mol. The van der Waals surface area contributed by atoms with Crippen LogP contribution in [0.2, 0.25) is 0 Å². The van der Waals surface area contributed by atoms with E-state index in [2.05, 4.69) is 60.6 Å². The maximum Gasteiger partial charge on any atom is 0.191 e. The van der Waals surface area contributed by atoms with Gasteiger partial charge in [0, 0.05) is 33.0 Å². The van der Waals surface area contributed by atoms with Gasteiger partial charge in [0.1, 0.15) is 5.82 Å². The van der Waals surface area contributed by atoms with Crippen molar-refractivity contribution < 1.29 is 0 Å². The van der Waals surface area contributed by atoms with Crippen molar-refractivity contribution in [3.63, 3.8) is 0 Å². The maximum atomic E-state index is 4.69. The Kier molecular flexibility index (Phi) is 5.56. The van der Waals surface area contributed by atoms with Crippen molar-refractivity contribution in [2.75, 3.05) is 13.6 Å². The van der Waals surface area contributed by atoms with E-state index >= 15 is 0 Å². The summed E-state index contributed by atoms with van der Waals surface area (Å²) >= 11 is 0. The lowest BCUT2D eigenvalue weighted by Gasteiger charge is -2.12. The van der Waals surface area contributed by atoms with E-state index in [0.717, 1.165) is 41.5 Å². The Morgan fingerprint density at radius 1 is 1.03 bits per heavy atom. The summed E-state index contributed by atoms with van der Waals surface area (Å²) in [6, 6.07) is 18.5. The molecule has 2 N–H and O–H groups in total. The van der Waals surface area contributed by atoms with E-state index in [0.29, 0.717) is 6.54 Å². The molecule has 7 heteroatoms. The molecule has 29 heavy (non-hydrogen) atoms. The summed E-state index contributed by atoms with van der Waals surface area (Å²) in [6.07, 6.45) is 4.63. The van der Waals surface area contributed by atoms with Gasteiger partial charge in [0.15, 0.2) is 5.96 Å². The Morgan fingerprint density at radius 3 is 2.59 bits per heavy atom. The van der Waals surface area contributed by atoms with Crippen LogP contribution >= 0.6 is 0 Å². The number of guanidine groups is 1. The first kappa shape index (κ1) is 18.7. The first-order chi connectivity index (χ1) is 14.2. The highest BCUT2D eigenvalue weighted by Crippen LogP contribution is 2.14. The van der Waals surface area contributed by atoms with Gasteiger partial charge in [-0.1, -0.05) is 24.3 Å². The predicted octanol–water partition coefficient (Wildman–Crippen LogP) is 2.67. The number of hydrogen-bond acceptors (Lipinski definition) is 3. The Hall–Kier alpha value is -3.61. The highest BCUT2D eigenvalue weighted by molar-refractivity contribution is 5.80. The van der Waals surface area contributed by atoms with Crippen LogP contribution < -0.4 is 10.6 Å². The second-order valence-electron chi connectivity index (χ2n) is 6.80. The zero-order valence-corrected chi connectivity index (χ0v) is 16.7. The van der Waals surface area contributed by atoms with E-state index in [1.807, 2.05) is 42.2 Å². The largest absolute Gasteiger partial charge is 0.356 e. The highest BCUT2D eigenvalue weighted by atomic mass is 15.3. The zero-order chi connectivity index (χ0) is 20.1. The van der Waals surface area contributed by atoms with Gasteiger partial charge in [0.25, 0.3) is 0 Å². The molecule has 0 saturated heterocycles. The molecule has 2 aromatic carbocycles. The normalized spacial score (nSPS) is 11.7. The van der Waals surface area contributed by atoms with Crippen molar-refractivity contribution in [3.05, 3.63) is 78.4 Å². The summed E-state index contributed by atoms with van der Waals surface area (Å²) in [6.45, 7) is 1.41. The Morgan fingerprint density at radius 2 is 1.86 bits per heavy atom. The molecule has 0 atom stereocenters. The van der Waals surface area contributed by atoms with E-state index in [9.17, 15) is 0 Å². The third kappa shape index (κ3) is 4.29. The highest BCUT2D eigenvalue weighted by Gasteiger charge is 2.07. The van der Waals surface area contributed by atoms with Crippen molar-refractivity contribution in [2.45, 2.75) is 13.0 Å². The number of para-hydroxylation sites is 2. The molecule has 0 aliphatic rings. The van der Waals surface area contributed by atoms with Gasteiger partial charge in [0.2, 0.25) is 0 Å². The molecule has 0 bridgehead atoms. The molecule has 0 aliphatic heterocycles. The summed E-state index contributed by atoms with van der Waals surface area (Å²) in [5.41, 5.74) is 4.46. The molecule has 0 unspecified atom stereocenters. The summed E-state index contributed by atoms with van der Waals surface area (Å²) < 4.78 is 3.96. The Bertz CT molecular complexity index is 1090. The van der Waals surface area contributed by atoms with E-state index in [1.165, 1.54) is 5.56 Å². The SMILES string of the molecule is CN=C(NCCc1ccc(-n2cccn2)cc1)NCc1nc2ccccc2n1C. The number of imidazole rings is 1. The van der Waals surface area contributed by atoms with Crippen molar-refractivity contribution in [3.8, 4) is 5.69 Å². The molecule has 0 fully saturated rings. The molecule has 2 heterocycles. The van der Waals surface area contributed by atoms with Crippen molar-refractivity contribution in [1.29, 1.82) is 0 Å². The van der Waals surface area contributed by atoms with Crippen LogP contribution in [0.5, 0.6) is 0 Å². The number of aromatic nitrogens is 4. The van der Waals surface area contributed by atoms with Gasteiger partial charge < -0.3 is 15.2 Å². The van der Waals surface area contributed by atoms with Crippen LogP contribution in [-0.2, 0) is 20.0 Å². The van der Waals surface area contributed by atoms with E-state index in [4.69, 9.17) is 0 Å². The van der Waals surface area contributed by atoms with Gasteiger partial charge in [-0.05, 0) is 42.3 Å². The number of aryl methyl sites for hydroxylation is 1. The molecule has 4 rings (SSSR count). The third-order valence-corrected chi connectivity index (χ3v) is 4.93. The van der Waals surface area contributed by atoms with Crippen LogP contribution in [0.15, 0.2) is 72.0 Å². The molecular formula is C22H25N7. The topological polar surface area (TPSA) is 72.1 Å². The van der Waals surface area contributed by atoms with Gasteiger partial charge in [-0.25, -0.2) is 9.67 Å². The van der Waals surface area contributed by atoms with Gasteiger partial charge in [-0.3, -0.25) is 4.99 Å². The molecule has 148 valence electrons. The molecule has 0 aliphatic carbocycles. The smallest absolute Gasteiger partial charge is 0.191 e. The third-order valence-electron chi connectivity index (χ3n) is 4.93. The number of fused-ring (bicyclic) bond motifs is 1. The number of aliphatic imine (C=N–C) groups is 1. The van der Waals surface area contributed by atoms with Crippen molar-refractivity contribution in [2.24, 2.45) is 12.0 Å². The summed E-state index contributed by atoms with van der Waals surface area (Å²) in [7, 11) is 3.82. The quantitative estimate of drug-likeness (QED) is 0.394. The number of benzene rings is 2. The lowest BCUT2D eigenvalue weighted by Crippen LogP contribution is -2.38. The van der Waals surface area contributed by atoms with Gasteiger partial charge >= 0.3 is 0 Å². The first-order valence-corrected chi connectivity index (χ1v) is 9.68. The minimum absolute atomic E-state index is 0.615. The number of hydrogen-bond donors (Lipinski definition) is 2. The Balaban J connectivity index is 1.29. The zero-order valence-electron chi connectivity index (χ0n) is 16.7. The minimum Gasteiger partial charge on any atom is -0.356 e. The van der Waals surface area contributed by atoms with Gasteiger partial charge in [-0.2, -0.15) is 5.10 Å². The second kappa shape index (κ2) is 8.60. The van der Waals surface area contributed by atoms with Crippen LogP contribution in [-0.4, -0.2) is 38.9 Å². The number of nitrogens with one attached hydrogen (secondary N) is 2. The second-order valence-corrected chi connectivity index (χ2v) is 6.80. The number of rotatable bonds is 6. The van der Waals surface area contributed by atoms with Crippen molar-refractivity contribution >= 4 is 17.0 Å². The minimum atomic E-state index is 0.615. The van der Waals surface area contributed by atoms with Crippen LogP contribution in [0.4, 0.5) is 0 Å². The molecule has 0 radical (unpaired) electrons. The van der Waals surface area contributed by atoms with Crippen LogP contribution in [0.25, 0.3) is 16.7 Å². The fraction of sp³-hybridized carbons (Fsp3) is 0.227. The molecule has 7 nitrogen and oxygen atoms in total. The standard InChI is InChI=1S/C22H25N7/c1-23-22(25-16-21-27-19-6-3-4-7-20(19)28(21)2)24-14-12-17-8-10-18(11-9-17)29-15-5-13-26-29/h3-11,13,15H,12,14,16H2,1-2H3,(H2,23,24,25). The van der Waals surface area contributed by atoms with Crippen LogP contribution in [0, 0.1) is 0 Å². The fourth-order valence-corrected chi connectivity index (χ4v) is 3.30. The molecule has 4 aromatic rings. The molecule has 0 spiro atoms.